The Labute approximate surface area is 125 Å². The molecule has 0 saturated carbocycles. The zero-order valence-electron chi connectivity index (χ0n) is 10.7. The van der Waals surface area contributed by atoms with Gasteiger partial charge >= 0.3 is 0 Å². The summed E-state index contributed by atoms with van der Waals surface area (Å²) in [5.74, 6) is 0.252. The molecule has 6 heteroatoms. The van der Waals surface area contributed by atoms with Crippen LogP contribution in [0.5, 0.6) is 0 Å². The van der Waals surface area contributed by atoms with E-state index in [1.165, 1.54) is 18.2 Å². The summed E-state index contributed by atoms with van der Waals surface area (Å²) in [6, 6.07) is 5.87. The Balaban J connectivity index is 2.46. The lowest BCUT2D eigenvalue weighted by Gasteiger charge is -2.08. The van der Waals surface area contributed by atoms with Crippen LogP contribution in [0.15, 0.2) is 24.3 Å². The molecule has 2 rings (SSSR count). The third-order valence-electron chi connectivity index (χ3n) is 2.80. The van der Waals surface area contributed by atoms with Gasteiger partial charge in [0.25, 0.3) is 6.43 Å². The topological polar surface area (TPSA) is 25.8 Å². The summed E-state index contributed by atoms with van der Waals surface area (Å²) in [4.78, 5) is 8.30. The van der Waals surface area contributed by atoms with Crippen molar-refractivity contribution in [2.45, 2.75) is 26.2 Å². The Morgan fingerprint density at radius 3 is 2.35 bits per heavy atom. The maximum Gasteiger partial charge on any atom is 0.263 e. The lowest BCUT2D eigenvalue weighted by Crippen LogP contribution is -1.98. The largest absolute Gasteiger partial charge is 0.263 e. The molecule has 0 N–H and O–H groups in total. The molecule has 0 saturated heterocycles. The van der Waals surface area contributed by atoms with Crippen molar-refractivity contribution in [2.75, 3.05) is 0 Å². The molecule has 1 aromatic carbocycles. The first-order valence-corrected chi connectivity index (χ1v) is 6.89. The predicted octanol–water partition coefficient (Wildman–Crippen LogP) is 5.34. The van der Waals surface area contributed by atoms with E-state index >= 15 is 0 Å². The van der Waals surface area contributed by atoms with Gasteiger partial charge in [-0.05, 0) is 12.5 Å². The zero-order chi connectivity index (χ0) is 14.7. The Morgan fingerprint density at radius 2 is 1.80 bits per heavy atom. The first-order valence-electron chi connectivity index (χ1n) is 6.13. The highest BCUT2D eigenvalue weighted by molar-refractivity contribution is 6.34. The van der Waals surface area contributed by atoms with Crippen LogP contribution in [0.2, 0.25) is 10.3 Å². The minimum atomic E-state index is -2.54. The first kappa shape index (κ1) is 15.1. The van der Waals surface area contributed by atoms with E-state index in [-0.39, 0.29) is 21.7 Å². The molecule has 0 atom stereocenters. The molecule has 0 aliphatic rings. The Hall–Kier alpha value is -1.26. The third-order valence-corrected chi connectivity index (χ3v) is 3.43. The summed E-state index contributed by atoms with van der Waals surface area (Å²) < 4.78 is 25.4. The van der Waals surface area contributed by atoms with Crippen LogP contribution in [-0.4, -0.2) is 9.97 Å². The quantitative estimate of drug-likeness (QED) is 0.711. The molecule has 2 nitrogen and oxygen atoms in total. The highest BCUT2D eigenvalue weighted by atomic mass is 35.5. The molecule has 20 heavy (non-hydrogen) atoms. The molecule has 0 aliphatic heterocycles. The normalized spacial score (nSPS) is 11.1. The van der Waals surface area contributed by atoms with Gasteiger partial charge in [-0.3, -0.25) is 0 Å². The summed E-state index contributed by atoms with van der Waals surface area (Å²) in [7, 11) is 0. The van der Waals surface area contributed by atoms with Crippen molar-refractivity contribution in [1.29, 1.82) is 0 Å². The van der Waals surface area contributed by atoms with Crippen molar-refractivity contribution in [3.05, 3.63) is 45.7 Å². The minimum Gasteiger partial charge on any atom is -0.216 e. The van der Waals surface area contributed by atoms with Crippen LogP contribution in [0, 0.1) is 0 Å². The van der Waals surface area contributed by atoms with Crippen LogP contribution in [0.25, 0.3) is 11.4 Å². The number of halogens is 4. The van der Waals surface area contributed by atoms with Gasteiger partial charge in [-0.2, -0.15) is 0 Å². The molecular formula is C14H12Cl2F2N2. The van der Waals surface area contributed by atoms with E-state index in [1.54, 1.807) is 6.07 Å². The summed E-state index contributed by atoms with van der Waals surface area (Å²) in [6.45, 7) is 1.99. The van der Waals surface area contributed by atoms with Gasteiger partial charge < -0.3 is 0 Å². The van der Waals surface area contributed by atoms with E-state index in [0.29, 0.717) is 17.5 Å². The maximum absolute atomic E-state index is 12.7. The number of alkyl halides is 2. The Bertz CT molecular complexity index is 595. The van der Waals surface area contributed by atoms with E-state index in [9.17, 15) is 8.78 Å². The molecule has 2 aromatic rings. The van der Waals surface area contributed by atoms with E-state index < -0.39 is 6.43 Å². The summed E-state index contributed by atoms with van der Waals surface area (Å²) >= 11 is 12.2. The molecule has 0 spiro atoms. The molecule has 1 aromatic heterocycles. The van der Waals surface area contributed by atoms with Gasteiger partial charge in [-0.25, -0.2) is 18.7 Å². The van der Waals surface area contributed by atoms with Crippen molar-refractivity contribution in [3.63, 3.8) is 0 Å². The molecule has 0 amide bonds. The van der Waals surface area contributed by atoms with E-state index in [0.717, 1.165) is 6.42 Å². The fraction of sp³-hybridized carbons (Fsp3) is 0.286. The number of hydrogen-bond donors (Lipinski definition) is 0. The Kier molecular flexibility index (Phi) is 4.89. The van der Waals surface area contributed by atoms with Crippen molar-refractivity contribution in [3.8, 4) is 11.4 Å². The third kappa shape index (κ3) is 3.25. The molecule has 0 fully saturated rings. The van der Waals surface area contributed by atoms with Gasteiger partial charge in [0, 0.05) is 16.7 Å². The fourth-order valence-corrected chi connectivity index (χ4v) is 2.41. The second-order valence-corrected chi connectivity index (χ2v) is 5.00. The summed E-state index contributed by atoms with van der Waals surface area (Å²) in [5, 5.41) is 0.536. The highest BCUT2D eigenvalue weighted by Gasteiger charge is 2.14. The van der Waals surface area contributed by atoms with E-state index in [2.05, 4.69) is 9.97 Å². The van der Waals surface area contributed by atoms with Gasteiger partial charge in [-0.1, -0.05) is 54.7 Å². The van der Waals surface area contributed by atoms with E-state index in [1.807, 2.05) is 6.92 Å². The lowest BCUT2D eigenvalue weighted by molar-refractivity contribution is 0.151. The number of nitrogens with zero attached hydrogens (tertiary/aromatic N) is 2. The van der Waals surface area contributed by atoms with Crippen LogP contribution in [-0.2, 0) is 6.42 Å². The summed E-state index contributed by atoms with van der Waals surface area (Å²) in [5.41, 5.74) is 1.07. The monoisotopic (exact) mass is 316 g/mol. The summed E-state index contributed by atoms with van der Waals surface area (Å²) in [6.07, 6.45) is -1.00. The standard InChI is InChI=1S/C14H12Cl2F2N2/c1-2-4-10-11(15)19-14(20-12(10)16)9-6-3-5-8(7-9)13(17)18/h3,5-7,13H,2,4H2,1H3. The number of benzene rings is 1. The minimum absolute atomic E-state index is 0.0871. The number of aromatic nitrogens is 2. The molecular weight excluding hydrogens is 305 g/mol. The van der Waals surface area contributed by atoms with Crippen molar-refractivity contribution >= 4 is 23.2 Å². The predicted molar refractivity (Wildman–Crippen MR) is 76.4 cm³/mol. The van der Waals surface area contributed by atoms with E-state index in [4.69, 9.17) is 23.2 Å². The molecule has 106 valence electrons. The van der Waals surface area contributed by atoms with Crippen LogP contribution < -0.4 is 0 Å². The second-order valence-electron chi connectivity index (χ2n) is 4.28. The molecule has 1 heterocycles. The van der Waals surface area contributed by atoms with Gasteiger partial charge in [0.2, 0.25) is 0 Å². The van der Waals surface area contributed by atoms with Crippen molar-refractivity contribution in [1.82, 2.24) is 9.97 Å². The van der Waals surface area contributed by atoms with Crippen LogP contribution in [0.3, 0.4) is 0 Å². The van der Waals surface area contributed by atoms with Gasteiger partial charge in [0.15, 0.2) is 5.82 Å². The molecule has 0 aliphatic carbocycles. The van der Waals surface area contributed by atoms with Gasteiger partial charge in [0.05, 0.1) is 0 Å². The molecule has 0 radical (unpaired) electrons. The van der Waals surface area contributed by atoms with Crippen LogP contribution >= 0.6 is 23.2 Å². The van der Waals surface area contributed by atoms with Crippen LogP contribution in [0.1, 0.15) is 30.9 Å². The van der Waals surface area contributed by atoms with Crippen molar-refractivity contribution < 1.29 is 8.78 Å². The molecule has 0 unspecified atom stereocenters. The SMILES string of the molecule is CCCc1c(Cl)nc(-c2cccc(C(F)F)c2)nc1Cl. The van der Waals surface area contributed by atoms with Gasteiger partial charge in [-0.15, -0.1) is 0 Å². The highest BCUT2D eigenvalue weighted by Crippen LogP contribution is 2.28. The fourth-order valence-electron chi connectivity index (χ4n) is 1.83. The smallest absolute Gasteiger partial charge is 0.216 e. The molecule has 0 bridgehead atoms. The average molecular weight is 317 g/mol. The lowest BCUT2D eigenvalue weighted by atomic mass is 10.1. The zero-order valence-corrected chi connectivity index (χ0v) is 12.2. The number of rotatable bonds is 4. The van der Waals surface area contributed by atoms with Gasteiger partial charge in [0.1, 0.15) is 10.3 Å². The average Bonchev–Trinajstić information content (AvgIpc) is 2.42. The maximum atomic E-state index is 12.7. The van der Waals surface area contributed by atoms with Crippen LogP contribution in [0.4, 0.5) is 8.78 Å². The number of hydrogen-bond acceptors (Lipinski definition) is 2. The Morgan fingerprint density at radius 1 is 1.15 bits per heavy atom. The second kappa shape index (κ2) is 6.46. The van der Waals surface area contributed by atoms with Crippen molar-refractivity contribution in [2.24, 2.45) is 0 Å². The first-order chi connectivity index (χ1) is 9.52.